The van der Waals surface area contributed by atoms with Gasteiger partial charge in [-0.3, -0.25) is 0 Å². The number of rotatable bonds is 8. The highest BCUT2D eigenvalue weighted by Gasteiger charge is 2.00. The number of benzene rings is 2. The van der Waals surface area contributed by atoms with Crippen molar-refractivity contribution in [3.63, 3.8) is 0 Å². The van der Waals surface area contributed by atoms with Gasteiger partial charge >= 0.3 is 0 Å². The molecule has 0 atom stereocenters. The van der Waals surface area contributed by atoms with Crippen LogP contribution in [0.5, 0.6) is 11.5 Å². The lowest BCUT2D eigenvalue weighted by Gasteiger charge is -2.08. The van der Waals surface area contributed by atoms with Gasteiger partial charge in [-0.25, -0.2) is 0 Å². The van der Waals surface area contributed by atoms with Crippen LogP contribution in [0.4, 0.5) is 0 Å². The molecule has 0 aliphatic rings. The summed E-state index contributed by atoms with van der Waals surface area (Å²) in [5, 5.41) is 2.34. The lowest BCUT2D eigenvalue weighted by molar-refractivity contribution is 0.184. The fourth-order valence-corrected chi connectivity index (χ4v) is 2.09. The predicted octanol–water partition coefficient (Wildman–Crippen LogP) is 4.04. The van der Waals surface area contributed by atoms with Crippen molar-refractivity contribution in [2.75, 3.05) is 26.9 Å². The summed E-state index contributed by atoms with van der Waals surface area (Å²) in [4.78, 5) is 0. The van der Waals surface area contributed by atoms with E-state index in [9.17, 15) is 0 Å². The molecule has 0 aromatic heterocycles. The second kappa shape index (κ2) is 7.75. The van der Waals surface area contributed by atoms with E-state index >= 15 is 0 Å². The van der Waals surface area contributed by atoms with E-state index in [0.29, 0.717) is 6.61 Å². The summed E-state index contributed by atoms with van der Waals surface area (Å²) >= 11 is 0. The largest absolute Gasteiger partial charge is 0.494 e. The molecule has 0 fully saturated rings. The van der Waals surface area contributed by atoms with E-state index in [4.69, 9.17) is 14.2 Å². The van der Waals surface area contributed by atoms with Gasteiger partial charge < -0.3 is 14.2 Å². The van der Waals surface area contributed by atoms with Crippen LogP contribution in [0.1, 0.15) is 19.8 Å². The summed E-state index contributed by atoms with van der Waals surface area (Å²) in [6.07, 6.45) is 2.04. The average Bonchev–Trinajstić information content (AvgIpc) is 2.47. The van der Waals surface area contributed by atoms with Crippen LogP contribution in [0.2, 0.25) is 0 Å². The van der Waals surface area contributed by atoms with Crippen molar-refractivity contribution >= 4 is 10.8 Å². The molecule has 20 heavy (non-hydrogen) atoms. The maximum atomic E-state index is 5.75. The van der Waals surface area contributed by atoms with Crippen LogP contribution in [0, 0.1) is 0 Å². The first-order valence-electron chi connectivity index (χ1n) is 7.12. The van der Waals surface area contributed by atoms with E-state index in [0.717, 1.165) is 37.6 Å². The van der Waals surface area contributed by atoms with E-state index in [2.05, 4.69) is 24.3 Å². The summed E-state index contributed by atoms with van der Waals surface area (Å²) in [6, 6.07) is 12.3. The first kappa shape index (κ1) is 14.7. The molecule has 0 saturated carbocycles. The summed E-state index contributed by atoms with van der Waals surface area (Å²) in [6.45, 7) is 4.20. The van der Waals surface area contributed by atoms with Gasteiger partial charge in [-0.05, 0) is 54.8 Å². The first-order chi connectivity index (χ1) is 9.83. The molecule has 0 spiro atoms. The van der Waals surface area contributed by atoms with Crippen molar-refractivity contribution in [1.29, 1.82) is 0 Å². The molecule has 0 bridgehead atoms. The van der Waals surface area contributed by atoms with Crippen LogP contribution in [0.25, 0.3) is 10.8 Å². The molecule has 0 unspecified atom stereocenters. The Hall–Kier alpha value is -1.74. The summed E-state index contributed by atoms with van der Waals surface area (Å²) in [5.41, 5.74) is 0. The number of hydrogen-bond acceptors (Lipinski definition) is 3. The third-order valence-electron chi connectivity index (χ3n) is 3.11. The fourth-order valence-electron chi connectivity index (χ4n) is 2.09. The van der Waals surface area contributed by atoms with Crippen molar-refractivity contribution in [2.24, 2.45) is 0 Å². The Bertz CT molecular complexity index is 537. The highest BCUT2D eigenvalue weighted by Crippen LogP contribution is 2.25. The van der Waals surface area contributed by atoms with Crippen LogP contribution in [0.3, 0.4) is 0 Å². The maximum Gasteiger partial charge on any atom is 0.119 e. The zero-order chi connectivity index (χ0) is 14.2. The van der Waals surface area contributed by atoms with Gasteiger partial charge in [0.25, 0.3) is 0 Å². The standard InChI is InChI=1S/C17H22O3/c1-3-19-16-8-6-15-13-17(9-7-14(15)12-16)20-11-5-4-10-18-2/h6-9,12-13H,3-5,10-11H2,1-2H3. The molecule has 3 nitrogen and oxygen atoms in total. The number of unbranched alkanes of at least 4 members (excludes halogenated alkanes) is 1. The van der Waals surface area contributed by atoms with Gasteiger partial charge in [-0.1, -0.05) is 12.1 Å². The lowest BCUT2D eigenvalue weighted by atomic mass is 10.1. The van der Waals surface area contributed by atoms with Crippen LogP contribution in [-0.4, -0.2) is 26.9 Å². The molecule has 3 heteroatoms. The minimum absolute atomic E-state index is 0.689. The van der Waals surface area contributed by atoms with E-state index in [1.807, 2.05) is 19.1 Å². The molecular weight excluding hydrogens is 252 g/mol. The second-order valence-electron chi connectivity index (χ2n) is 4.65. The lowest BCUT2D eigenvalue weighted by Crippen LogP contribution is -1.99. The number of methoxy groups -OCH3 is 1. The Kier molecular flexibility index (Phi) is 5.69. The number of ether oxygens (including phenoxy) is 3. The molecule has 0 radical (unpaired) electrons. The molecule has 0 aliphatic heterocycles. The Morgan fingerprint density at radius 2 is 1.40 bits per heavy atom. The van der Waals surface area contributed by atoms with Gasteiger partial charge in [0.15, 0.2) is 0 Å². The SMILES string of the molecule is CCOc1ccc2cc(OCCCCOC)ccc2c1. The van der Waals surface area contributed by atoms with E-state index in [1.165, 1.54) is 10.8 Å². The van der Waals surface area contributed by atoms with E-state index in [1.54, 1.807) is 7.11 Å². The van der Waals surface area contributed by atoms with Crippen molar-refractivity contribution in [1.82, 2.24) is 0 Å². The quantitative estimate of drug-likeness (QED) is 0.680. The molecule has 0 amide bonds. The Balaban J connectivity index is 1.97. The zero-order valence-corrected chi connectivity index (χ0v) is 12.2. The van der Waals surface area contributed by atoms with Gasteiger partial charge in [-0.2, -0.15) is 0 Å². The molecular formula is C17H22O3. The third-order valence-corrected chi connectivity index (χ3v) is 3.11. The number of fused-ring (bicyclic) bond motifs is 1. The summed E-state index contributed by atoms with van der Waals surface area (Å²) < 4.78 is 16.3. The molecule has 2 aromatic carbocycles. The van der Waals surface area contributed by atoms with Gasteiger partial charge in [0.1, 0.15) is 11.5 Å². The smallest absolute Gasteiger partial charge is 0.119 e. The highest BCUT2D eigenvalue weighted by molar-refractivity contribution is 5.85. The Labute approximate surface area is 120 Å². The van der Waals surface area contributed by atoms with Crippen molar-refractivity contribution in [3.8, 4) is 11.5 Å². The predicted molar refractivity (Wildman–Crippen MR) is 81.7 cm³/mol. The second-order valence-corrected chi connectivity index (χ2v) is 4.65. The molecule has 0 heterocycles. The maximum absolute atomic E-state index is 5.75. The normalized spacial score (nSPS) is 10.7. The monoisotopic (exact) mass is 274 g/mol. The van der Waals surface area contributed by atoms with Crippen LogP contribution in [-0.2, 0) is 4.74 Å². The van der Waals surface area contributed by atoms with Gasteiger partial charge in [0.05, 0.1) is 13.2 Å². The van der Waals surface area contributed by atoms with E-state index in [-0.39, 0.29) is 0 Å². The van der Waals surface area contributed by atoms with Crippen molar-refractivity contribution in [3.05, 3.63) is 36.4 Å². The van der Waals surface area contributed by atoms with Crippen molar-refractivity contribution < 1.29 is 14.2 Å². The average molecular weight is 274 g/mol. The molecule has 2 rings (SSSR count). The minimum atomic E-state index is 0.689. The molecule has 2 aromatic rings. The first-order valence-corrected chi connectivity index (χ1v) is 7.12. The van der Waals surface area contributed by atoms with E-state index < -0.39 is 0 Å². The fraction of sp³-hybridized carbons (Fsp3) is 0.412. The summed E-state index contributed by atoms with van der Waals surface area (Å²) in [5.74, 6) is 1.83. The van der Waals surface area contributed by atoms with Gasteiger partial charge in [0, 0.05) is 13.7 Å². The molecule has 0 saturated heterocycles. The van der Waals surface area contributed by atoms with Crippen LogP contribution < -0.4 is 9.47 Å². The minimum Gasteiger partial charge on any atom is -0.494 e. The van der Waals surface area contributed by atoms with Crippen molar-refractivity contribution in [2.45, 2.75) is 19.8 Å². The van der Waals surface area contributed by atoms with Gasteiger partial charge in [0.2, 0.25) is 0 Å². The van der Waals surface area contributed by atoms with Crippen LogP contribution >= 0.6 is 0 Å². The zero-order valence-electron chi connectivity index (χ0n) is 12.2. The Morgan fingerprint density at radius 1 is 0.800 bits per heavy atom. The molecule has 108 valence electrons. The topological polar surface area (TPSA) is 27.7 Å². The molecule has 0 N–H and O–H groups in total. The van der Waals surface area contributed by atoms with Crippen LogP contribution in [0.15, 0.2) is 36.4 Å². The Morgan fingerprint density at radius 3 is 2.00 bits per heavy atom. The number of hydrogen-bond donors (Lipinski definition) is 0. The third kappa shape index (κ3) is 4.14. The summed E-state index contributed by atoms with van der Waals surface area (Å²) in [7, 11) is 1.72. The van der Waals surface area contributed by atoms with Gasteiger partial charge in [-0.15, -0.1) is 0 Å². The highest BCUT2D eigenvalue weighted by atomic mass is 16.5. The molecule has 0 aliphatic carbocycles.